The molecule has 1 aromatic heterocycles. The highest BCUT2D eigenvalue weighted by atomic mass is 32.2. The molecule has 0 radical (unpaired) electrons. The average molecular weight is 387 g/mol. The number of imidazole rings is 1. The minimum absolute atomic E-state index is 0.106. The topological polar surface area (TPSA) is 55.2 Å². The lowest BCUT2D eigenvalue weighted by molar-refractivity contribution is -0.138. The summed E-state index contributed by atoms with van der Waals surface area (Å²) in [4.78, 5) is 4.23. The summed E-state index contributed by atoms with van der Waals surface area (Å²) in [6.45, 7) is 0.933. The number of fused-ring (bicyclic) bond motifs is 1. The Kier molecular flexibility index (Phi) is 5.12. The van der Waals surface area contributed by atoms with Crippen molar-refractivity contribution in [3.8, 4) is 0 Å². The fourth-order valence-corrected chi connectivity index (χ4v) is 4.60. The zero-order chi connectivity index (χ0) is 18.9. The summed E-state index contributed by atoms with van der Waals surface area (Å²) in [5.74, 6) is 0.419. The Hall–Kier alpha value is -1.87. The van der Waals surface area contributed by atoms with E-state index in [9.17, 15) is 21.6 Å². The van der Waals surface area contributed by atoms with E-state index >= 15 is 0 Å². The second-order valence-electron chi connectivity index (χ2n) is 6.59. The van der Waals surface area contributed by atoms with Crippen LogP contribution in [0.1, 0.15) is 23.4 Å². The van der Waals surface area contributed by atoms with Gasteiger partial charge >= 0.3 is 6.18 Å². The third kappa shape index (κ3) is 4.09. The molecule has 1 aromatic carbocycles. The van der Waals surface area contributed by atoms with E-state index in [1.165, 1.54) is 29.6 Å². The van der Waals surface area contributed by atoms with Gasteiger partial charge < -0.3 is 4.57 Å². The Morgan fingerprint density at radius 3 is 2.77 bits per heavy atom. The van der Waals surface area contributed by atoms with Gasteiger partial charge in [0.2, 0.25) is 10.0 Å². The first-order valence-corrected chi connectivity index (χ1v) is 9.87. The van der Waals surface area contributed by atoms with Crippen LogP contribution in [0.3, 0.4) is 0 Å². The fraction of sp³-hybridized carbons (Fsp3) is 0.471. The molecule has 9 heteroatoms. The second kappa shape index (κ2) is 7.03. The molecule has 0 spiro atoms. The fourth-order valence-electron chi connectivity index (χ4n) is 3.29. The van der Waals surface area contributed by atoms with Gasteiger partial charge in [0.1, 0.15) is 5.82 Å². The lowest BCUT2D eigenvalue weighted by atomic mass is 10.00. The van der Waals surface area contributed by atoms with Crippen molar-refractivity contribution in [1.29, 1.82) is 0 Å². The Morgan fingerprint density at radius 1 is 1.31 bits per heavy atom. The molecule has 0 saturated heterocycles. The summed E-state index contributed by atoms with van der Waals surface area (Å²) >= 11 is 0. The van der Waals surface area contributed by atoms with Crippen molar-refractivity contribution in [3.05, 3.63) is 53.6 Å². The number of hydrogen-bond donors (Lipinski definition) is 0. The number of hydrogen-bond acceptors (Lipinski definition) is 3. The molecule has 1 atom stereocenters. The maximum absolute atomic E-state index is 13.1. The Labute approximate surface area is 150 Å². The Morgan fingerprint density at radius 2 is 2.04 bits per heavy atom. The minimum atomic E-state index is -4.58. The van der Waals surface area contributed by atoms with E-state index in [-0.39, 0.29) is 18.0 Å². The van der Waals surface area contributed by atoms with E-state index in [2.05, 4.69) is 4.98 Å². The molecule has 3 rings (SSSR count). The maximum Gasteiger partial charge on any atom is 0.416 e. The molecule has 1 aliphatic rings. The smallest absolute Gasteiger partial charge is 0.335 e. The number of aryl methyl sites for hydroxylation is 1. The maximum atomic E-state index is 13.1. The van der Waals surface area contributed by atoms with Crippen molar-refractivity contribution < 1.29 is 21.6 Å². The van der Waals surface area contributed by atoms with Crippen LogP contribution in [-0.2, 0) is 34.9 Å². The second-order valence-corrected chi connectivity index (χ2v) is 8.67. The van der Waals surface area contributed by atoms with Gasteiger partial charge in [0.15, 0.2) is 0 Å². The molecule has 0 fully saturated rings. The van der Waals surface area contributed by atoms with Crippen LogP contribution in [-0.4, -0.2) is 35.9 Å². The van der Waals surface area contributed by atoms with E-state index in [0.717, 1.165) is 24.7 Å². The lowest BCUT2D eigenvalue weighted by Crippen LogP contribution is -2.36. The summed E-state index contributed by atoms with van der Waals surface area (Å²) in [6, 6.07) is 4.80. The highest BCUT2D eigenvalue weighted by molar-refractivity contribution is 7.88. The van der Waals surface area contributed by atoms with Crippen molar-refractivity contribution >= 4 is 10.0 Å². The van der Waals surface area contributed by atoms with Crippen LogP contribution in [0.25, 0.3) is 0 Å². The van der Waals surface area contributed by atoms with Gasteiger partial charge in [0.05, 0.1) is 11.3 Å². The van der Waals surface area contributed by atoms with E-state index in [4.69, 9.17) is 0 Å². The molecular formula is C17H20F3N3O2S. The average Bonchev–Trinajstić information content (AvgIpc) is 3.01. The number of halogens is 3. The first-order valence-electron chi connectivity index (χ1n) is 8.26. The summed E-state index contributed by atoms with van der Waals surface area (Å²) < 4.78 is 67.6. The van der Waals surface area contributed by atoms with Gasteiger partial charge in [-0.15, -0.1) is 0 Å². The normalized spacial score (nSPS) is 18.1. The molecule has 1 unspecified atom stereocenters. The number of aromatic nitrogens is 2. The molecule has 0 amide bonds. The predicted octanol–water partition coefficient (Wildman–Crippen LogP) is 2.93. The Bertz CT molecular complexity index is 877. The number of rotatable bonds is 5. The van der Waals surface area contributed by atoms with Gasteiger partial charge in [-0.05, 0) is 24.0 Å². The molecule has 26 heavy (non-hydrogen) atoms. The Balaban J connectivity index is 1.71. The largest absolute Gasteiger partial charge is 0.416 e. The van der Waals surface area contributed by atoms with E-state index in [0.29, 0.717) is 6.54 Å². The molecule has 1 aliphatic heterocycles. The van der Waals surface area contributed by atoms with Crippen LogP contribution >= 0.6 is 0 Å². The zero-order valence-corrected chi connectivity index (χ0v) is 15.1. The number of sulfonamides is 1. The van der Waals surface area contributed by atoms with Gasteiger partial charge in [-0.3, -0.25) is 0 Å². The first-order chi connectivity index (χ1) is 12.2. The molecule has 0 saturated carbocycles. The molecule has 5 nitrogen and oxygen atoms in total. The SMILES string of the molecule is CN(CC1CCc2nccn2C1)S(=O)(=O)Cc1ccccc1C(F)(F)F. The van der Waals surface area contributed by atoms with Crippen molar-refractivity contribution in [1.82, 2.24) is 13.9 Å². The molecule has 2 aromatic rings. The van der Waals surface area contributed by atoms with Crippen molar-refractivity contribution in [2.45, 2.75) is 31.3 Å². The van der Waals surface area contributed by atoms with E-state index in [1.807, 2.05) is 10.8 Å². The van der Waals surface area contributed by atoms with Gasteiger partial charge in [0.25, 0.3) is 0 Å². The van der Waals surface area contributed by atoms with Gasteiger partial charge in [-0.2, -0.15) is 13.2 Å². The number of benzene rings is 1. The van der Waals surface area contributed by atoms with Gasteiger partial charge in [-0.1, -0.05) is 18.2 Å². The molecule has 142 valence electrons. The van der Waals surface area contributed by atoms with Crippen LogP contribution in [0, 0.1) is 5.92 Å². The highest BCUT2D eigenvalue weighted by Crippen LogP contribution is 2.33. The van der Waals surface area contributed by atoms with Crippen molar-refractivity contribution in [2.24, 2.45) is 5.92 Å². The molecule has 0 bridgehead atoms. The van der Waals surface area contributed by atoms with E-state index < -0.39 is 27.5 Å². The van der Waals surface area contributed by atoms with Crippen LogP contribution in [0.15, 0.2) is 36.7 Å². The molecule has 0 N–H and O–H groups in total. The quantitative estimate of drug-likeness (QED) is 0.793. The monoisotopic (exact) mass is 387 g/mol. The number of alkyl halides is 3. The van der Waals surface area contributed by atoms with Crippen LogP contribution in [0.5, 0.6) is 0 Å². The zero-order valence-electron chi connectivity index (χ0n) is 14.3. The van der Waals surface area contributed by atoms with E-state index in [1.54, 1.807) is 6.20 Å². The van der Waals surface area contributed by atoms with Gasteiger partial charge in [-0.25, -0.2) is 17.7 Å². The third-order valence-electron chi connectivity index (χ3n) is 4.68. The highest BCUT2D eigenvalue weighted by Gasteiger charge is 2.35. The third-order valence-corrected chi connectivity index (χ3v) is 6.46. The predicted molar refractivity (Wildman–Crippen MR) is 90.7 cm³/mol. The molecule has 0 aliphatic carbocycles. The van der Waals surface area contributed by atoms with Crippen molar-refractivity contribution in [2.75, 3.05) is 13.6 Å². The van der Waals surface area contributed by atoms with Gasteiger partial charge in [0, 0.05) is 39.0 Å². The number of nitrogens with zero attached hydrogens (tertiary/aromatic N) is 3. The summed E-state index contributed by atoms with van der Waals surface area (Å²) in [5, 5.41) is 0. The minimum Gasteiger partial charge on any atom is -0.335 e. The van der Waals surface area contributed by atoms with Crippen LogP contribution in [0.4, 0.5) is 13.2 Å². The van der Waals surface area contributed by atoms with Crippen LogP contribution in [0.2, 0.25) is 0 Å². The van der Waals surface area contributed by atoms with Crippen LogP contribution < -0.4 is 0 Å². The lowest BCUT2D eigenvalue weighted by Gasteiger charge is -2.28. The summed E-state index contributed by atoms with van der Waals surface area (Å²) in [7, 11) is -2.43. The summed E-state index contributed by atoms with van der Waals surface area (Å²) in [6.07, 6.45) is 0.562. The molecule has 2 heterocycles. The first kappa shape index (κ1) is 18.9. The van der Waals surface area contributed by atoms with Crippen molar-refractivity contribution in [3.63, 3.8) is 0 Å². The molecular weight excluding hydrogens is 367 g/mol. The summed E-state index contributed by atoms with van der Waals surface area (Å²) in [5.41, 5.74) is -1.13. The standard InChI is InChI=1S/C17H20F3N3O2S/c1-22(10-13-6-7-16-21-8-9-23(16)11-13)26(24,25)12-14-4-2-3-5-15(14)17(18,19)20/h2-5,8-9,13H,6-7,10-12H2,1H3.